The second-order valence-electron chi connectivity index (χ2n) is 5.49. The van der Waals surface area contributed by atoms with Crippen LogP contribution in [0.5, 0.6) is 0 Å². The van der Waals surface area contributed by atoms with E-state index < -0.39 is 18.3 Å². The summed E-state index contributed by atoms with van der Waals surface area (Å²) in [6.45, 7) is 4.40. The zero-order valence-corrected chi connectivity index (χ0v) is 15.7. The summed E-state index contributed by atoms with van der Waals surface area (Å²) >= 11 is 0. The van der Waals surface area contributed by atoms with Crippen molar-refractivity contribution < 1.29 is 18.5 Å². The van der Waals surface area contributed by atoms with Crippen LogP contribution in [0.4, 0.5) is 5.69 Å². The monoisotopic (exact) mass is 378 g/mol. The van der Waals surface area contributed by atoms with E-state index in [9.17, 15) is 14.7 Å². The summed E-state index contributed by atoms with van der Waals surface area (Å²) in [5.41, 5.74) is 1.59. The molecule has 0 aliphatic carbocycles. The Hall–Kier alpha value is -2.05. The molecule has 2 aromatic carbocycles. The molecule has 8 heteroatoms. The number of hydrogen-bond acceptors (Lipinski definition) is 6. The summed E-state index contributed by atoms with van der Waals surface area (Å²) < 4.78 is 24.3. The normalized spacial score (nSPS) is 12.7. The highest BCUT2D eigenvalue weighted by Crippen LogP contribution is 2.59. The molecule has 2 aromatic rings. The lowest BCUT2D eigenvalue weighted by Gasteiger charge is -2.27. The van der Waals surface area contributed by atoms with Crippen LogP contribution in [-0.4, -0.2) is 18.1 Å². The first-order valence-electron chi connectivity index (χ1n) is 8.40. The highest BCUT2D eigenvalue weighted by Gasteiger charge is 2.36. The SMILES string of the molecule is CCOP(=O)(OCC)C(NCc1ccccc1)c1ccc([N+](=O)[O-])cc1. The molecule has 0 aliphatic rings. The number of hydrogen-bond donors (Lipinski definition) is 1. The van der Waals surface area contributed by atoms with Gasteiger partial charge < -0.3 is 9.05 Å². The molecule has 0 spiro atoms. The van der Waals surface area contributed by atoms with Crippen LogP contribution >= 0.6 is 7.60 Å². The van der Waals surface area contributed by atoms with Crippen LogP contribution in [0, 0.1) is 10.1 Å². The largest absolute Gasteiger partial charge is 0.351 e. The van der Waals surface area contributed by atoms with Crippen molar-refractivity contribution in [2.75, 3.05) is 13.2 Å². The lowest BCUT2D eigenvalue weighted by molar-refractivity contribution is -0.384. The zero-order valence-electron chi connectivity index (χ0n) is 14.8. The van der Waals surface area contributed by atoms with Gasteiger partial charge in [-0.05, 0) is 37.1 Å². The third kappa shape index (κ3) is 5.22. The Kier molecular flexibility index (Phi) is 7.48. The minimum Gasteiger partial charge on any atom is -0.308 e. The molecule has 0 heterocycles. The molecule has 0 saturated carbocycles. The molecule has 0 radical (unpaired) electrons. The molecule has 0 saturated heterocycles. The number of nitrogens with one attached hydrogen (secondary N) is 1. The lowest BCUT2D eigenvalue weighted by atomic mass is 10.2. The molecule has 7 nitrogen and oxygen atoms in total. The Morgan fingerprint density at radius 3 is 2.12 bits per heavy atom. The Balaban J connectivity index is 2.33. The third-order valence-electron chi connectivity index (χ3n) is 3.70. The molecule has 0 bridgehead atoms. The molecular formula is C18H23N2O5P. The maximum Gasteiger partial charge on any atom is 0.351 e. The molecule has 2 rings (SSSR count). The average molecular weight is 378 g/mol. The van der Waals surface area contributed by atoms with Crippen LogP contribution in [0.15, 0.2) is 54.6 Å². The number of non-ortho nitro benzene ring substituents is 1. The van der Waals surface area contributed by atoms with E-state index in [1.807, 2.05) is 30.3 Å². The smallest absolute Gasteiger partial charge is 0.308 e. The van der Waals surface area contributed by atoms with Gasteiger partial charge in [-0.15, -0.1) is 0 Å². The van der Waals surface area contributed by atoms with Crippen LogP contribution in [-0.2, 0) is 20.2 Å². The van der Waals surface area contributed by atoms with Gasteiger partial charge in [-0.3, -0.25) is 20.0 Å². The van der Waals surface area contributed by atoms with E-state index in [0.29, 0.717) is 12.1 Å². The highest BCUT2D eigenvalue weighted by molar-refractivity contribution is 7.54. The molecule has 1 unspecified atom stereocenters. The van der Waals surface area contributed by atoms with Crippen molar-refractivity contribution in [3.05, 3.63) is 75.8 Å². The van der Waals surface area contributed by atoms with Crippen LogP contribution in [0.1, 0.15) is 30.8 Å². The zero-order chi connectivity index (χ0) is 19.0. The molecule has 140 valence electrons. The number of nitro groups is 1. The fraction of sp³-hybridized carbons (Fsp3) is 0.333. The van der Waals surface area contributed by atoms with E-state index in [2.05, 4.69) is 5.32 Å². The Morgan fingerprint density at radius 1 is 1.04 bits per heavy atom. The Labute approximate surface area is 153 Å². The van der Waals surface area contributed by atoms with E-state index in [4.69, 9.17) is 9.05 Å². The molecule has 1 atom stereocenters. The average Bonchev–Trinajstić information content (AvgIpc) is 2.63. The van der Waals surface area contributed by atoms with Crippen LogP contribution in [0.3, 0.4) is 0 Å². The first kappa shape index (κ1) is 20.3. The van der Waals surface area contributed by atoms with Crippen molar-refractivity contribution >= 4 is 13.3 Å². The number of benzene rings is 2. The predicted octanol–water partition coefficient (Wildman–Crippen LogP) is 4.65. The van der Waals surface area contributed by atoms with Crippen molar-refractivity contribution in [2.24, 2.45) is 0 Å². The molecule has 0 aromatic heterocycles. The van der Waals surface area contributed by atoms with Crippen molar-refractivity contribution in [3.63, 3.8) is 0 Å². The standard InChI is InChI=1S/C18H23N2O5P/c1-3-24-26(23,25-4-2)18(19-14-15-8-6-5-7-9-15)16-10-12-17(13-11-16)20(21)22/h5-13,18-19H,3-4,14H2,1-2H3. The van der Waals surface area contributed by atoms with Crippen molar-refractivity contribution in [3.8, 4) is 0 Å². The van der Waals surface area contributed by atoms with Gasteiger partial charge in [-0.2, -0.15) is 0 Å². The minimum absolute atomic E-state index is 0.0294. The topological polar surface area (TPSA) is 90.7 Å². The molecule has 0 fully saturated rings. The van der Waals surface area contributed by atoms with Gasteiger partial charge in [0.25, 0.3) is 5.69 Å². The molecule has 1 N–H and O–H groups in total. The minimum atomic E-state index is -3.51. The first-order valence-corrected chi connectivity index (χ1v) is 10.0. The first-order chi connectivity index (χ1) is 12.5. The maximum atomic E-state index is 13.3. The van der Waals surface area contributed by atoms with Gasteiger partial charge in [-0.25, -0.2) is 0 Å². The van der Waals surface area contributed by atoms with Crippen LogP contribution in [0.25, 0.3) is 0 Å². The maximum absolute atomic E-state index is 13.3. The van der Waals surface area contributed by atoms with Crippen molar-refractivity contribution in [1.29, 1.82) is 0 Å². The third-order valence-corrected chi connectivity index (χ3v) is 6.05. The summed E-state index contributed by atoms with van der Waals surface area (Å²) in [4.78, 5) is 10.4. The number of nitro benzene ring substituents is 1. The second-order valence-corrected chi connectivity index (χ2v) is 7.61. The Morgan fingerprint density at radius 2 is 1.62 bits per heavy atom. The fourth-order valence-corrected chi connectivity index (χ4v) is 4.49. The van der Waals surface area contributed by atoms with Crippen LogP contribution < -0.4 is 5.32 Å². The summed E-state index contributed by atoms with van der Waals surface area (Å²) in [6, 6.07) is 15.6. The Bertz CT molecular complexity index is 742. The van der Waals surface area contributed by atoms with E-state index in [1.54, 1.807) is 26.0 Å². The van der Waals surface area contributed by atoms with Gasteiger partial charge in [0.1, 0.15) is 5.78 Å². The number of rotatable bonds is 10. The fourth-order valence-electron chi connectivity index (χ4n) is 2.55. The van der Waals surface area contributed by atoms with Crippen LogP contribution in [0.2, 0.25) is 0 Å². The van der Waals surface area contributed by atoms with Gasteiger partial charge in [0.05, 0.1) is 18.1 Å². The molecule has 0 amide bonds. The quantitative estimate of drug-likeness (QED) is 0.368. The van der Waals surface area contributed by atoms with E-state index in [0.717, 1.165) is 5.56 Å². The van der Waals surface area contributed by atoms with E-state index >= 15 is 0 Å². The van der Waals surface area contributed by atoms with Gasteiger partial charge in [0.15, 0.2) is 0 Å². The van der Waals surface area contributed by atoms with E-state index in [1.165, 1.54) is 12.1 Å². The summed E-state index contributed by atoms with van der Waals surface area (Å²) in [5.74, 6) is -0.733. The van der Waals surface area contributed by atoms with Gasteiger partial charge in [0.2, 0.25) is 0 Å². The second kappa shape index (κ2) is 9.59. The summed E-state index contributed by atoms with van der Waals surface area (Å²) in [7, 11) is -3.51. The van der Waals surface area contributed by atoms with Gasteiger partial charge in [0, 0.05) is 18.7 Å². The molecule has 26 heavy (non-hydrogen) atoms. The van der Waals surface area contributed by atoms with Gasteiger partial charge in [-0.1, -0.05) is 30.3 Å². The van der Waals surface area contributed by atoms with Gasteiger partial charge >= 0.3 is 7.60 Å². The lowest BCUT2D eigenvalue weighted by Crippen LogP contribution is -2.23. The van der Waals surface area contributed by atoms with Crippen molar-refractivity contribution in [2.45, 2.75) is 26.2 Å². The summed E-state index contributed by atoms with van der Waals surface area (Å²) in [5, 5.41) is 14.1. The number of nitrogens with zero attached hydrogens (tertiary/aromatic N) is 1. The summed E-state index contributed by atoms with van der Waals surface area (Å²) in [6.07, 6.45) is 0. The van der Waals surface area contributed by atoms with Crippen molar-refractivity contribution in [1.82, 2.24) is 5.32 Å². The molecule has 0 aliphatic heterocycles. The van der Waals surface area contributed by atoms with E-state index in [-0.39, 0.29) is 18.9 Å². The highest BCUT2D eigenvalue weighted by atomic mass is 31.2. The predicted molar refractivity (Wildman–Crippen MR) is 100.0 cm³/mol. The molecular weight excluding hydrogens is 355 g/mol.